The molecule has 0 fully saturated rings. The molecule has 1 aromatic rings. The maximum absolute atomic E-state index is 9.04. The van der Waals surface area contributed by atoms with Crippen LogP contribution in [-0.2, 0) is 4.84 Å². The minimum Gasteiger partial charge on any atom is -0.423 e. The van der Waals surface area contributed by atoms with E-state index in [0.717, 1.165) is 25.1 Å². The van der Waals surface area contributed by atoms with E-state index in [1.807, 2.05) is 0 Å². The topological polar surface area (TPSA) is 73.8 Å². The fourth-order valence-electron chi connectivity index (χ4n) is 1.50. The first-order valence-electron chi connectivity index (χ1n) is 6.03. The molecule has 0 spiro atoms. The number of hydrogen-bond acceptors (Lipinski definition) is 5. The maximum Gasteiger partial charge on any atom is 0.489 e. The van der Waals surface area contributed by atoms with Crippen molar-refractivity contribution < 1.29 is 14.9 Å². The van der Waals surface area contributed by atoms with Gasteiger partial charge in [-0.15, -0.1) is 0 Å². The molecule has 7 heteroatoms. The zero-order valence-corrected chi connectivity index (χ0v) is 11.4. The molecule has 19 heavy (non-hydrogen) atoms. The van der Waals surface area contributed by atoms with Crippen LogP contribution in [0.5, 0.6) is 0 Å². The number of unbranched alkanes of at least 4 members (excludes halogenated alkanes) is 1. The van der Waals surface area contributed by atoms with E-state index in [9.17, 15) is 0 Å². The Morgan fingerprint density at radius 1 is 1.37 bits per heavy atom. The van der Waals surface area contributed by atoms with Gasteiger partial charge in [-0.1, -0.05) is 24.2 Å². The van der Waals surface area contributed by atoms with Gasteiger partial charge in [-0.3, -0.25) is 10.3 Å². The third-order valence-corrected chi connectivity index (χ3v) is 2.77. The van der Waals surface area contributed by atoms with Crippen molar-refractivity contribution in [2.45, 2.75) is 12.8 Å². The van der Waals surface area contributed by atoms with Gasteiger partial charge < -0.3 is 15.4 Å². The Labute approximate surface area is 118 Å². The van der Waals surface area contributed by atoms with E-state index in [1.54, 1.807) is 18.2 Å². The van der Waals surface area contributed by atoms with Gasteiger partial charge in [-0.2, -0.15) is 0 Å². The summed E-state index contributed by atoms with van der Waals surface area (Å²) in [7, 11) is -1.55. The Kier molecular flexibility index (Phi) is 7.36. The van der Waals surface area contributed by atoms with E-state index >= 15 is 0 Å². The summed E-state index contributed by atoms with van der Waals surface area (Å²) in [6, 6.07) is 5.02. The van der Waals surface area contributed by atoms with Gasteiger partial charge >= 0.3 is 7.12 Å². The number of hydroxylamine groups is 1. The highest BCUT2D eigenvalue weighted by molar-refractivity contribution is 6.62. The lowest BCUT2D eigenvalue weighted by Crippen LogP contribution is -2.30. The zero-order chi connectivity index (χ0) is 14.1. The van der Waals surface area contributed by atoms with Gasteiger partial charge in [0.15, 0.2) is 0 Å². The molecule has 0 saturated heterocycles. The summed E-state index contributed by atoms with van der Waals surface area (Å²) < 4.78 is 0. The van der Waals surface area contributed by atoms with Gasteiger partial charge in [0.1, 0.15) is 0 Å². The molecule has 0 aliphatic rings. The standard InChI is InChI=1S/C12H18BClN2O3/c1-2-16-19-8-4-3-7-15-10-5-6-11(13(17)18)12(14)9-10/h2,5-6,9,15-18H,1,3-4,7-8H2. The van der Waals surface area contributed by atoms with Gasteiger partial charge in [0.25, 0.3) is 0 Å². The van der Waals surface area contributed by atoms with Crippen molar-refractivity contribution in [3.8, 4) is 0 Å². The molecule has 0 heterocycles. The Morgan fingerprint density at radius 2 is 2.16 bits per heavy atom. The number of halogens is 1. The molecule has 104 valence electrons. The highest BCUT2D eigenvalue weighted by Gasteiger charge is 2.14. The number of hydrogen-bond donors (Lipinski definition) is 4. The fraction of sp³-hybridized carbons (Fsp3) is 0.333. The van der Waals surface area contributed by atoms with E-state index in [-0.39, 0.29) is 0 Å². The largest absolute Gasteiger partial charge is 0.489 e. The van der Waals surface area contributed by atoms with Crippen LogP contribution in [0.3, 0.4) is 0 Å². The van der Waals surface area contributed by atoms with Crippen molar-refractivity contribution in [1.82, 2.24) is 5.48 Å². The van der Waals surface area contributed by atoms with Gasteiger partial charge in [-0.05, 0) is 25.0 Å². The molecule has 0 aromatic heterocycles. The summed E-state index contributed by atoms with van der Waals surface area (Å²) in [5, 5.41) is 21.6. The van der Waals surface area contributed by atoms with Crippen LogP contribution in [0.15, 0.2) is 31.0 Å². The fourth-order valence-corrected chi connectivity index (χ4v) is 1.77. The lowest BCUT2D eigenvalue weighted by atomic mass is 9.80. The number of nitrogens with one attached hydrogen (secondary N) is 2. The molecule has 0 aliphatic carbocycles. The average Bonchev–Trinajstić information content (AvgIpc) is 2.37. The molecule has 4 N–H and O–H groups in total. The van der Waals surface area contributed by atoms with Crippen LogP contribution in [0, 0.1) is 0 Å². The van der Waals surface area contributed by atoms with Crippen molar-refractivity contribution in [3.63, 3.8) is 0 Å². The monoisotopic (exact) mass is 284 g/mol. The molecule has 0 aliphatic heterocycles. The van der Waals surface area contributed by atoms with Crippen molar-refractivity contribution >= 4 is 29.9 Å². The third kappa shape index (κ3) is 5.98. The van der Waals surface area contributed by atoms with Crippen molar-refractivity contribution in [1.29, 1.82) is 0 Å². The summed E-state index contributed by atoms with van der Waals surface area (Å²) in [5.74, 6) is 0. The molecule has 0 atom stereocenters. The highest BCUT2D eigenvalue weighted by atomic mass is 35.5. The minimum absolute atomic E-state index is 0.302. The zero-order valence-electron chi connectivity index (χ0n) is 10.6. The second-order valence-electron chi connectivity index (χ2n) is 3.91. The van der Waals surface area contributed by atoms with Crippen LogP contribution in [-0.4, -0.2) is 30.3 Å². The molecule has 5 nitrogen and oxygen atoms in total. The van der Waals surface area contributed by atoms with E-state index in [1.165, 1.54) is 6.20 Å². The quantitative estimate of drug-likeness (QED) is 0.308. The normalized spacial score (nSPS) is 10.1. The lowest BCUT2D eigenvalue weighted by Gasteiger charge is -2.09. The van der Waals surface area contributed by atoms with E-state index < -0.39 is 7.12 Å². The Balaban J connectivity index is 2.26. The van der Waals surface area contributed by atoms with Crippen LogP contribution in [0.1, 0.15) is 12.8 Å². The molecule has 0 amide bonds. The van der Waals surface area contributed by atoms with Crippen LogP contribution in [0.2, 0.25) is 5.02 Å². The molecular formula is C12H18BClN2O3. The Bertz CT molecular complexity index is 405. The van der Waals surface area contributed by atoms with Gasteiger partial charge in [0.2, 0.25) is 0 Å². The number of anilines is 1. The second-order valence-corrected chi connectivity index (χ2v) is 4.32. The van der Waals surface area contributed by atoms with Crippen molar-refractivity contribution in [2.24, 2.45) is 0 Å². The number of rotatable bonds is 9. The minimum atomic E-state index is -1.55. The molecule has 0 saturated carbocycles. The second kappa shape index (κ2) is 8.82. The first-order valence-corrected chi connectivity index (χ1v) is 6.40. The first-order chi connectivity index (χ1) is 9.15. The summed E-state index contributed by atoms with van der Waals surface area (Å²) in [5.41, 5.74) is 3.71. The SMILES string of the molecule is C=CNOCCCCNc1ccc(B(O)O)c(Cl)c1. The van der Waals surface area contributed by atoms with Crippen molar-refractivity contribution in [3.05, 3.63) is 36.0 Å². The van der Waals surface area contributed by atoms with Gasteiger partial charge in [-0.25, -0.2) is 0 Å². The summed E-state index contributed by atoms with van der Waals surface area (Å²) >= 11 is 5.92. The van der Waals surface area contributed by atoms with Crippen LogP contribution >= 0.6 is 11.6 Å². The summed E-state index contributed by atoms with van der Waals surface area (Å²) in [6.45, 7) is 4.87. The maximum atomic E-state index is 9.04. The van der Waals surface area contributed by atoms with Crippen LogP contribution < -0.4 is 16.3 Å². The lowest BCUT2D eigenvalue weighted by molar-refractivity contribution is 0.0691. The third-order valence-electron chi connectivity index (χ3n) is 2.45. The predicted molar refractivity (Wildman–Crippen MR) is 78.3 cm³/mol. The summed E-state index contributed by atoms with van der Waals surface area (Å²) in [6.07, 6.45) is 3.34. The molecule has 1 aromatic carbocycles. The smallest absolute Gasteiger partial charge is 0.423 e. The first kappa shape index (κ1) is 15.9. The van der Waals surface area contributed by atoms with Gasteiger partial charge in [0, 0.05) is 28.9 Å². The average molecular weight is 285 g/mol. The van der Waals surface area contributed by atoms with Crippen LogP contribution in [0.25, 0.3) is 0 Å². The van der Waals surface area contributed by atoms with Gasteiger partial charge in [0.05, 0.1) is 6.61 Å². The predicted octanol–water partition coefficient (Wildman–Crippen LogP) is 0.877. The molecular weight excluding hydrogens is 266 g/mol. The molecule has 0 unspecified atom stereocenters. The van der Waals surface area contributed by atoms with E-state index in [0.29, 0.717) is 17.1 Å². The van der Waals surface area contributed by atoms with Crippen molar-refractivity contribution in [2.75, 3.05) is 18.5 Å². The Hall–Kier alpha value is -1.21. The van der Waals surface area contributed by atoms with Crippen LogP contribution in [0.4, 0.5) is 5.69 Å². The Morgan fingerprint density at radius 3 is 2.79 bits per heavy atom. The van der Waals surface area contributed by atoms with E-state index in [2.05, 4.69) is 17.4 Å². The molecule has 1 rings (SSSR count). The molecule has 0 radical (unpaired) electrons. The number of benzene rings is 1. The highest BCUT2D eigenvalue weighted by Crippen LogP contribution is 2.13. The van der Waals surface area contributed by atoms with E-state index in [4.69, 9.17) is 26.5 Å². The summed E-state index contributed by atoms with van der Waals surface area (Å²) in [4.78, 5) is 5.02. The molecule has 0 bridgehead atoms.